The molecule has 0 aliphatic carbocycles. The molecule has 1 rings (SSSR count). The van der Waals surface area contributed by atoms with Crippen molar-refractivity contribution in [2.45, 2.75) is 27.2 Å². The van der Waals surface area contributed by atoms with Crippen molar-refractivity contribution in [3.8, 4) is 0 Å². The Morgan fingerprint density at radius 3 is 2.45 bits per heavy atom. The van der Waals surface area contributed by atoms with E-state index in [9.17, 15) is 9.59 Å². The van der Waals surface area contributed by atoms with E-state index in [4.69, 9.17) is 10.5 Å². The summed E-state index contributed by atoms with van der Waals surface area (Å²) >= 11 is 0. The first-order valence-electron chi connectivity index (χ1n) is 7.61. The number of nitrogens with one attached hydrogen (secondary N) is 1. The second kappa shape index (κ2) is 8.92. The molecule has 3 N–H and O–H groups in total. The van der Waals surface area contributed by atoms with E-state index in [1.165, 1.54) is 0 Å². The summed E-state index contributed by atoms with van der Waals surface area (Å²) in [6.45, 7) is 7.79. The van der Waals surface area contributed by atoms with E-state index < -0.39 is 0 Å². The van der Waals surface area contributed by atoms with Crippen LogP contribution >= 0.6 is 0 Å². The zero-order valence-electron chi connectivity index (χ0n) is 13.5. The summed E-state index contributed by atoms with van der Waals surface area (Å²) in [5, 5.41) is 3.07. The van der Waals surface area contributed by atoms with Gasteiger partial charge in [-0.15, -0.1) is 0 Å². The fourth-order valence-corrected chi connectivity index (χ4v) is 2.08. The molecule has 6 heteroatoms. The van der Waals surface area contributed by atoms with E-state index in [-0.39, 0.29) is 18.3 Å². The van der Waals surface area contributed by atoms with E-state index in [1.54, 1.807) is 30.0 Å². The maximum absolute atomic E-state index is 12.2. The van der Waals surface area contributed by atoms with Gasteiger partial charge in [0.05, 0.1) is 24.4 Å². The lowest BCUT2D eigenvalue weighted by Gasteiger charge is -2.19. The standard InChI is InChI=1S/C16H25N3O3/c1-4-19(5-2)16(21)12-7-8-14(13(17)11-12)18-10-9-15(20)22-6-3/h7-8,11,18H,4-6,9-10,17H2,1-3H3. The number of rotatable bonds is 8. The number of nitrogens with two attached hydrogens (primary N) is 1. The molecule has 22 heavy (non-hydrogen) atoms. The van der Waals surface area contributed by atoms with Crippen LogP contribution in [0, 0.1) is 0 Å². The van der Waals surface area contributed by atoms with E-state index in [2.05, 4.69) is 5.32 Å². The molecule has 0 heterocycles. The van der Waals surface area contributed by atoms with Gasteiger partial charge in [0, 0.05) is 25.2 Å². The smallest absolute Gasteiger partial charge is 0.307 e. The monoisotopic (exact) mass is 307 g/mol. The molecule has 1 amide bonds. The Labute approximate surface area is 131 Å². The van der Waals surface area contributed by atoms with Gasteiger partial charge in [0.25, 0.3) is 5.91 Å². The molecule has 6 nitrogen and oxygen atoms in total. The van der Waals surface area contributed by atoms with E-state index in [1.807, 2.05) is 13.8 Å². The Balaban J connectivity index is 2.66. The van der Waals surface area contributed by atoms with E-state index >= 15 is 0 Å². The highest BCUT2D eigenvalue weighted by Gasteiger charge is 2.13. The number of hydrogen-bond donors (Lipinski definition) is 2. The molecule has 0 atom stereocenters. The van der Waals surface area contributed by atoms with Crippen LogP contribution < -0.4 is 11.1 Å². The van der Waals surface area contributed by atoms with Crippen molar-refractivity contribution in [1.29, 1.82) is 0 Å². The molecular formula is C16H25N3O3. The Bertz CT molecular complexity index is 513. The predicted octanol–water partition coefficient (Wildman–Crippen LogP) is 2.12. The molecule has 0 saturated heterocycles. The highest BCUT2D eigenvalue weighted by atomic mass is 16.5. The fourth-order valence-electron chi connectivity index (χ4n) is 2.08. The zero-order chi connectivity index (χ0) is 16.5. The Hall–Kier alpha value is -2.24. The number of ether oxygens (including phenoxy) is 1. The van der Waals surface area contributed by atoms with Crippen LogP contribution in [-0.2, 0) is 9.53 Å². The van der Waals surface area contributed by atoms with Gasteiger partial charge in [-0.2, -0.15) is 0 Å². The third-order valence-electron chi connectivity index (χ3n) is 3.30. The number of carbonyl (C=O) groups excluding carboxylic acids is 2. The predicted molar refractivity (Wildman–Crippen MR) is 87.8 cm³/mol. The molecule has 0 bridgehead atoms. The van der Waals surface area contributed by atoms with Crippen molar-refractivity contribution in [3.63, 3.8) is 0 Å². The maximum atomic E-state index is 12.2. The van der Waals surface area contributed by atoms with Gasteiger partial charge < -0.3 is 20.7 Å². The summed E-state index contributed by atoms with van der Waals surface area (Å²) in [6, 6.07) is 5.16. The average Bonchev–Trinajstić information content (AvgIpc) is 2.50. The molecule has 1 aromatic rings. The number of hydrogen-bond acceptors (Lipinski definition) is 5. The van der Waals surface area contributed by atoms with Crippen LogP contribution in [0.2, 0.25) is 0 Å². The van der Waals surface area contributed by atoms with Gasteiger partial charge in [0.15, 0.2) is 0 Å². The SMILES string of the molecule is CCOC(=O)CCNc1ccc(C(=O)N(CC)CC)cc1N. The van der Waals surface area contributed by atoms with Gasteiger partial charge in [-0.1, -0.05) is 0 Å². The lowest BCUT2D eigenvalue weighted by molar-refractivity contribution is -0.142. The molecule has 0 fully saturated rings. The van der Waals surface area contributed by atoms with Gasteiger partial charge in [0.2, 0.25) is 0 Å². The first-order valence-corrected chi connectivity index (χ1v) is 7.61. The number of amides is 1. The Morgan fingerprint density at radius 1 is 1.23 bits per heavy atom. The quantitative estimate of drug-likeness (QED) is 0.567. The van der Waals surface area contributed by atoms with Gasteiger partial charge in [-0.25, -0.2) is 0 Å². The van der Waals surface area contributed by atoms with Crippen LogP contribution in [0.3, 0.4) is 0 Å². The van der Waals surface area contributed by atoms with Crippen molar-refractivity contribution < 1.29 is 14.3 Å². The molecule has 0 unspecified atom stereocenters. The minimum atomic E-state index is -0.248. The Kier molecular flexibility index (Phi) is 7.22. The summed E-state index contributed by atoms with van der Waals surface area (Å²) in [7, 11) is 0. The van der Waals surface area contributed by atoms with Crippen molar-refractivity contribution in [1.82, 2.24) is 4.90 Å². The number of anilines is 2. The van der Waals surface area contributed by atoms with Crippen molar-refractivity contribution in [2.24, 2.45) is 0 Å². The summed E-state index contributed by atoms with van der Waals surface area (Å²) in [5.41, 5.74) is 7.73. The van der Waals surface area contributed by atoms with Gasteiger partial charge in [0.1, 0.15) is 0 Å². The molecular weight excluding hydrogens is 282 g/mol. The highest BCUT2D eigenvalue weighted by Crippen LogP contribution is 2.20. The first-order chi connectivity index (χ1) is 10.5. The van der Waals surface area contributed by atoms with Gasteiger partial charge >= 0.3 is 5.97 Å². The van der Waals surface area contributed by atoms with Crippen molar-refractivity contribution in [3.05, 3.63) is 23.8 Å². The number of carbonyl (C=O) groups is 2. The van der Waals surface area contributed by atoms with Gasteiger partial charge in [-0.05, 0) is 39.0 Å². The number of nitrogens with zero attached hydrogens (tertiary/aromatic N) is 1. The fraction of sp³-hybridized carbons (Fsp3) is 0.500. The minimum Gasteiger partial charge on any atom is -0.466 e. The van der Waals surface area contributed by atoms with Crippen molar-refractivity contribution >= 4 is 23.3 Å². The highest BCUT2D eigenvalue weighted by molar-refractivity contribution is 5.96. The second-order valence-corrected chi connectivity index (χ2v) is 4.76. The first kappa shape index (κ1) is 17.8. The van der Waals surface area contributed by atoms with E-state index in [0.717, 1.165) is 0 Å². The summed E-state index contributed by atoms with van der Waals surface area (Å²) in [4.78, 5) is 25.2. The zero-order valence-corrected chi connectivity index (χ0v) is 13.5. The lowest BCUT2D eigenvalue weighted by Crippen LogP contribution is -2.30. The van der Waals surface area contributed by atoms with E-state index in [0.29, 0.717) is 43.2 Å². The lowest BCUT2D eigenvalue weighted by atomic mass is 10.1. The topological polar surface area (TPSA) is 84.7 Å². The van der Waals surface area contributed by atoms with Crippen LogP contribution in [0.4, 0.5) is 11.4 Å². The van der Waals surface area contributed by atoms with Crippen LogP contribution in [0.25, 0.3) is 0 Å². The number of esters is 1. The normalized spacial score (nSPS) is 10.1. The summed E-state index contributed by atoms with van der Waals surface area (Å²) < 4.78 is 4.85. The molecule has 1 aromatic carbocycles. The third kappa shape index (κ3) is 4.95. The summed E-state index contributed by atoms with van der Waals surface area (Å²) in [5.74, 6) is -0.281. The molecule has 0 saturated carbocycles. The largest absolute Gasteiger partial charge is 0.466 e. The minimum absolute atomic E-state index is 0.0326. The molecule has 122 valence electrons. The average molecular weight is 307 g/mol. The van der Waals surface area contributed by atoms with Crippen molar-refractivity contribution in [2.75, 3.05) is 37.3 Å². The second-order valence-electron chi connectivity index (χ2n) is 4.76. The molecule has 0 aliphatic heterocycles. The molecule has 0 aliphatic rings. The third-order valence-corrected chi connectivity index (χ3v) is 3.30. The van der Waals surface area contributed by atoms with Crippen LogP contribution in [0.15, 0.2) is 18.2 Å². The maximum Gasteiger partial charge on any atom is 0.307 e. The van der Waals surface area contributed by atoms with Crippen LogP contribution in [-0.4, -0.2) is 43.0 Å². The molecule has 0 aromatic heterocycles. The molecule has 0 spiro atoms. The van der Waals surface area contributed by atoms with Gasteiger partial charge in [-0.3, -0.25) is 9.59 Å². The number of benzene rings is 1. The molecule has 0 radical (unpaired) electrons. The van der Waals surface area contributed by atoms with Crippen LogP contribution in [0.5, 0.6) is 0 Å². The number of nitrogen functional groups attached to an aromatic ring is 1. The Morgan fingerprint density at radius 2 is 1.91 bits per heavy atom. The van der Waals surface area contributed by atoms with Crippen LogP contribution in [0.1, 0.15) is 37.6 Å². The summed E-state index contributed by atoms with van der Waals surface area (Å²) in [6.07, 6.45) is 0.271.